The average Bonchev–Trinajstić information content (AvgIpc) is 2.73. The van der Waals surface area contributed by atoms with E-state index in [9.17, 15) is 17.6 Å². The Morgan fingerprint density at radius 3 is 2.34 bits per heavy atom. The van der Waals surface area contributed by atoms with Gasteiger partial charge in [0, 0.05) is 19.6 Å². The molecule has 7 heteroatoms. The summed E-state index contributed by atoms with van der Waals surface area (Å²) in [6, 6.07) is 12.9. The molecule has 1 N–H and O–H groups in total. The highest BCUT2D eigenvalue weighted by Gasteiger charge is 2.41. The zero-order valence-corrected chi connectivity index (χ0v) is 17.6. The lowest BCUT2D eigenvalue weighted by Crippen LogP contribution is -2.51. The molecular formula is C22H27FN2O3S. The highest BCUT2D eigenvalue weighted by molar-refractivity contribution is 7.89. The van der Waals surface area contributed by atoms with Gasteiger partial charge in [-0.15, -0.1) is 0 Å². The lowest BCUT2D eigenvalue weighted by molar-refractivity contribution is -0.132. The third kappa shape index (κ3) is 4.85. The average molecular weight is 419 g/mol. The molecule has 156 valence electrons. The van der Waals surface area contributed by atoms with Gasteiger partial charge in [-0.3, -0.25) is 4.79 Å². The summed E-state index contributed by atoms with van der Waals surface area (Å²) in [7, 11) is -3.65. The van der Waals surface area contributed by atoms with Gasteiger partial charge in [0.25, 0.3) is 0 Å². The Balaban J connectivity index is 1.70. The third-order valence-corrected chi connectivity index (χ3v) is 7.40. The number of carbonyl (C=O) groups excluding carboxylic acids is 1. The van der Waals surface area contributed by atoms with Gasteiger partial charge in [0.1, 0.15) is 5.82 Å². The molecule has 0 saturated carbocycles. The first-order valence-corrected chi connectivity index (χ1v) is 11.3. The van der Waals surface area contributed by atoms with Gasteiger partial charge in [0.15, 0.2) is 0 Å². The van der Waals surface area contributed by atoms with Gasteiger partial charge in [-0.2, -0.15) is 4.31 Å². The van der Waals surface area contributed by atoms with Crippen molar-refractivity contribution in [3.8, 4) is 0 Å². The summed E-state index contributed by atoms with van der Waals surface area (Å²) in [4.78, 5) is 13.1. The van der Waals surface area contributed by atoms with E-state index < -0.39 is 15.4 Å². The van der Waals surface area contributed by atoms with E-state index in [4.69, 9.17) is 0 Å². The van der Waals surface area contributed by atoms with Crippen molar-refractivity contribution in [3.63, 3.8) is 0 Å². The van der Waals surface area contributed by atoms with E-state index in [-0.39, 0.29) is 29.7 Å². The molecule has 0 radical (unpaired) electrons. The molecule has 0 bridgehead atoms. The Morgan fingerprint density at radius 1 is 1.10 bits per heavy atom. The van der Waals surface area contributed by atoms with Crippen molar-refractivity contribution < 1.29 is 17.6 Å². The highest BCUT2D eigenvalue weighted by Crippen LogP contribution is 2.33. The van der Waals surface area contributed by atoms with Crippen LogP contribution in [0.1, 0.15) is 37.8 Å². The second kappa shape index (κ2) is 8.63. The SMILES string of the molecule is CCc1ccc(S(=O)(=O)N2CCC[C@](C)(C(=O)NCc3ccc(F)cc3)C2)cc1. The molecule has 2 aromatic rings. The van der Waals surface area contributed by atoms with Crippen LogP contribution >= 0.6 is 0 Å². The first-order valence-electron chi connectivity index (χ1n) is 9.86. The third-order valence-electron chi connectivity index (χ3n) is 5.55. The summed E-state index contributed by atoms with van der Waals surface area (Å²) in [6.07, 6.45) is 2.08. The van der Waals surface area contributed by atoms with Gasteiger partial charge >= 0.3 is 0 Å². The molecule has 1 atom stereocenters. The summed E-state index contributed by atoms with van der Waals surface area (Å²) < 4.78 is 40.6. The van der Waals surface area contributed by atoms with Crippen molar-refractivity contribution in [3.05, 3.63) is 65.5 Å². The van der Waals surface area contributed by atoms with Crippen molar-refractivity contribution in [2.45, 2.75) is 44.6 Å². The molecule has 29 heavy (non-hydrogen) atoms. The molecule has 1 saturated heterocycles. The molecule has 1 fully saturated rings. The maximum Gasteiger partial charge on any atom is 0.243 e. The van der Waals surface area contributed by atoms with E-state index in [1.54, 1.807) is 31.2 Å². The van der Waals surface area contributed by atoms with E-state index in [0.717, 1.165) is 17.5 Å². The lowest BCUT2D eigenvalue weighted by atomic mass is 9.82. The molecular weight excluding hydrogens is 391 g/mol. The fourth-order valence-corrected chi connectivity index (χ4v) is 5.23. The largest absolute Gasteiger partial charge is 0.352 e. The highest BCUT2D eigenvalue weighted by atomic mass is 32.2. The minimum Gasteiger partial charge on any atom is -0.352 e. The maximum absolute atomic E-state index is 13.1. The summed E-state index contributed by atoms with van der Waals surface area (Å²) in [6.45, 7) is 4.64. The molecule has 0 unspecified atom stereocenters. The van der Waals surface area contributed by atoms with E-state index in [1.807, 2.05) is 19.1 Å². The van der Waals surface area contributed by atoms with Crippen molar-refractivity contribution in [1.29, 1.82) is 0 Å². The molecule has 1 aliphatic heterocycles. The van der Waals surface area contributed by atoms with Crippen LogP contribution in [-0.2, 0) is 27.8 Å². The van der Waals surface area contributed by atoms with Gasteiger partial charge in [0.2, 0.25) is 15.9 Å². The number of piperidine rings is 1. The van der Waals surface area contributed by atoms with Gasteiger partial charge < -0.3 is 5.32 Å². The van der Waals surface area contributed by atoms with Crippen LogP contribution in [0, 0.1) is 11.2 Å². The van der Waals surface area contributed by atoms with Gasteiger partial charge in [0.05, 0.1) is 10.3 Å². The van der Waals surface area contributed by atoms with Crippen LogP contribution in [0.2, 0.25) is 0 Å². The number of carbonyl (C=O) groups is 1. The van der Waals surface area contributed by atoms with Gasteiger partial charge in [-0.05, 0) is 61.6 Å². The van der Waals surface area contributed by atoms with Crippen LogP contribution in [0.3, 0.4) is 0 Å². The standard InChI is InChI=1S/C22H27FN2O3S/c1-3-17-7-11-20(12-8-17)29(27,28)25-14-4-13-22(2,16-25)21(26)24-15-18-5-9-19(23)10-6-18/h5-12H,3-4,13-16H2,1-2H3,(H,24,26)/t22-/m0/s1. The number of aryl methyl sites for hydroxylation is 1. The quantitative estimate of drug-likeness (QED) is 0.781. The van der Waals surface area contributed by atoms with Gasteiger partial charge in [-0.1, -0.05) is 31.2 Å². The molecule has 5 nitrogen and oxygen atoms in total. The second-order valence-corrected chi connectivity index (χ2v) is 9.75. The predicted octanol–water partition coefficient (Wildman–Crippen LogP) is 3.50. The Kier molecular flexibility index (Phi) is 6.39. The van der Waals surface area contributed by atoms with Crippen LogP contribution in [-0.4, -0.2) is 31.7 Å². The Bertz CT molecular complexity index is 959. The lowest BCUT2D eigenvalue weighted by Gasteiger charge is -2.38. The molecule has 0 aliphatic carbocycles. The smallest absolute Gasteiger partial charge is 0.243 e. The molecule has 3 rings (SSSR count). The minimum absolute atomic E-state index is 0.139. The number of sulfonamides is 1. The predicted molar refractivity (Wildman–Crippen MR) is 110 cm³/mol. The van der Waals surface area contributed by atoms with Crippen LogP contribution in [0.25, 0.3) is 0 Å². The Hall–Kier alpha value is -2.25. The number of benzene rings is 2. The molecule has 2 aromatic carbocycles. The van der Waals surface area contributed by atoms with Crippen LogP contribution in [0.15, 0.2) is 53.4 Å². The summed E-state index contributed by atoms with van der Waals surface area (Å²) in [5.41, 5.74) is 1.06. The number of halogens is 1. The fourth-order valence-electron chi connectivity index (χ4n) is 3.63. The van der Waals surface area contributed by atoms with Crippen molar-refractivity contribution in [2.75, 3.05) is 13.1 Å². The van der Waals surface area contributed by atoms with E-state index >= 15 is 0 Å². The fraction of sp³-hybridized carbons (Fsp3) is 0.409. The van der Waals surface area contributed by atoms with Crippen LogP contribution < -0.4 is 5.32 Å². The summed E-state index contributed by atoms with van der Waals surface area (Å²) >= 11 is 0. The topological polar surface area (TPSA) is 66.5 Å². The summed E-state index contributed by atoms with van der Waals surface area (Å²) in [5, 5.41) is 2.87. The minimum atomic E-state index is -3.65. The van der Waals surface area contributed by atoms with E-state index in [2.05, 4.69) is 5.32 Å². The number of hydrogen-bond acceptors (Lipinski definition) is 3. The van der Waals surface area contributed by atoms with Gasteiger partial charge in [-0.25, -0.2) is 12.8 Å². The zero-order chi connectivity index (χ0) is 21.1. The maximum atomic E-state index is 13.1. The van der Waals surface area contributed by atoms with Crippen molar-refractivity contribution in [2.24, 2.45) is 5.41 Å². The number of hydrogen-bond donors (Lipinski definition) is 1. The van der Waals surface area contributed by atoms with Crippen LogP contribution in [0.4, 0.5) is 4.39 Å². The van der Waals surface area contributed by atoms with Crippen molar-refractivity contribution in [1.82, 2.24) is 9.62 Å². The molecule has 0 aromatic heterocycles. The normalized spacial score (nSPS) is 20.4. The monoisotopic (exact) mass is 418 g/mol. The zero-order valence-electron chi connectivity index (χ0n) is 16.8. The number of rotatable bonds is 6. The number of amides is 1. The van der Waals surface area contributed by atoms with Crippen molar-refractivity contribution >= 4 is 15.9 Å². The number of nitrogens with zero attached hydrogens (tertiary/aromatic N) is 1. The molecule has 0 spiro atoms. The molecule has 1 amide bonds. The first-order chi connectivity index (χ1) is 13.7. The van der Waals surface area contributed by atoms with E-state index in [0.29, 0.717) is 19.4 Å². The van der Waals surface area contributed by atoms with E-state index in [1.165, 1.54) is 16.4 Å². The van der Waals surface area contributed by atoms with Crippen LogP contribution in [0.5, 0.6) is 0 Å². The molecule has 1 aliphatic rings. The molecule has 1 heterocycles. The summed E-state index contributed by atoms with van der Waals surface area (Å²) in [5.74, 6) is -0.518. The first kappa shape index (κ1) is 21.5. The second-order valence-electron chi connectivity index (χ2n) is 7.81. The Morgan fingerprint density at radius 2 is 1.72 bits per heavy atom. The Labute approximate surface area is 172 Å². The number of nitrogens with one attached hydrogen (secondary N) is 1.